The number of nitrogens with zero attached hydrogens (tertiary/aromatic N) is 2. The minimum Gasteiger partial charge on any atom is -0.486 e. The summed E-state index contributed by atoms with van der Waals surface area (Å²) in [6, 6.07) is 12.6. The van der Waals surface area contributed by atoms with Gasteiger partial charge < -0.3 is 19.7 Å². The van der Waals surface area contributed by atoms with E-state index in [4.69, 9.17) is 32.7 Å². The first kappa shape index (κ1) is 29.4. The molecule has 0 saturated carbocycles. The summed E-state index contributed by atoms with van der Waals surface area (Å²) in [5.41, 5.74) is 0.422. The summed E-state index contributed by atoms with van der Waals surface area (Å²) in [6.07, 6.45) is 0. The van der Waals surface area contributed by atoms with Crippen molar-refractivity contribution < 1.29 is 31.9 Å². The summed E-state index contributed by atoms with van der Waals surface area (Å²) >= 11 is 12.7. The molecule has 9 nitrogen and oxygen atoms in total. The normalized spacial score (nSPS) is 13.3. The number of benzene rings is 3. The number of ether oxygens (including phenoxy) is 2. The van der Waals surface area contributed by atoms with Crippen LogP contribution in [-0.2, 0) is 26.2 Å². The van der Waals surface area contributed by atoms with Gasteiger partial charge in [-0.1, -0.05) is 29.3 Å². The van der Waals surface area contributed by atoms with E-state index in [2.05, 4.69) is 5.32 Å². The fourth-order valence-corrected chi connectivity index (χ4v) is 6.04. The van der Waals surface area contributed by atoms with Crippen LogP contribution in [0, 0.1) is 5.82 Å². The van der Waals surface area contributed by atoms with Crippen LogP contribution in [0.3, 0.4) is 0 Å². The van der Waals surface area contributed by atoms with E-state index in [1.165, 1.54) is 49.2 Å². The molecule has 212 valence electrons. The van der Waals surface area contributed by atoms with Crippen molar-refractivity contribution in [3.63, 3.8) is 0 Å². The molecule has 3 aromatic rings. The predicted octanol–water partition coefficient (Wildman–Crippen LogP) is 4.26. The number of anilines is 1. The number of hydrogen-bond donors (Lipinski definition) is 1. The summed E-state index contributed by atoms with van der Waals surface area (Å²) in [4.78, 5) is 27.4. The van der Waals surface area contributed by atoms with Gasteiger partial charge >= 0.3 is 0 Å². The number of fused-ring (bicyclic) bond motifs is 1. The van der Waals surface area contributed by atoms with Crippen molar-refractivity contribution in [2.24, 2.45) is 0 Å². The van der Waals surface area contributed by atoms with Crippen LogP contribution >= 0.6 is 23.2 Å². The Morgan fingerprint density at radius 1 is 1.00 bits per heavy atom. The number of carbonyl (C=O) groups excluding carboxylic acids is 2. The molecule has 1 aliphatic heterocycles. The number of rotatable bonds is 9. The molecule has 0 aromatic heterocycles. The molecule has 0 unspecified atom stereocenters. The Balaban J connectivity index is 1.75. The van der Waals surface area contributed by atoms with Crippen molar-refractivity contribution in [3.05, 3.63) is 82.1 Å². The molecule has 1 N–H and O–H groups in total. The van der Waals surface area contributed by atoms with Crippen LogP contribution in [0.5, 0.6) is 11.5 Å². The number of nitrogens with one attached hydrogen (secondary N) is 1. The molecule has 0 radical (unpaired) electrons. The van der Waals surface area contributed by atoms with Crippen LogP contribution in [0.15, 0.2) is 65.6 Å². The fourth-order valence-electron chi connectivity index (χ4n) is 4.09. The van der Waals surface area contributed by atoms with Crippen LogP contribution in [0.4, 0.5) is 10.1 Å². The monoisotopic (exact) mass is 609 g/mol. The summed E-state index contributed by atoms with van der Waals surface area (Å²) in [6.45, 7) is 1.18. The molecule has 2 amide bonds. The van der Waals surface area contributed by atoms with E-state index in [1.807, 2.05) is 0 Å². The van der Waals surface area contributed by atoms with E-state index in [0.717, 1.165) is 16.4 Å². The van der Waals surface area contributed by atoms with Crippen molar-refractivity contribution in [2.45, 2.75) is 24.4 Å². The highest BCUT2D eigenvalue weighted by atomic mass is 35.5. The third-order valence-electron chi connectivity index (χ3n) is 6.30. The van der Waals surface area contributed by atoms with Gasteiger partial charge in [-0.2, -0.15) is 0 Å². The summed E-state index contributed by atoms with van der Waals surface area (Å²) < 4.78 is 53.5. The van der Waals surface area contributed by atoms with Gasteiger partial charge in [0.2, 0.25) is 11.8 Å². The second-order valence-electron chi connectivity index (χ2n) is 8.81. The Kier molecular flexibility index (Phi) is 9.07. The first-order chi connectivity index (χ1) is 19.0. The number of amides is 2. The zero-order valence-corrected chi connectivity index (χ0v) is 23.9. The largest absolute Gasteiger partial charge is 0.486 e. The van der Waals surface area contributed by atoms with Gasteiger partial charge in [-0.15, -0.1) is 0 Å². The molecule has 0 fully saturated rings. The first-order valence-electron chi connectivity index (χ1n) is 12.1. The van der Waals surface area contributed by atoms with Crippen LogP contribution in [0.1, 0.15) is 12.5 Å². The molecule has 0 aliphatic carbocycles. The lowest BCUT2D eigenvalue weighted by Crippen LogP contribution is -2.50. The highest BCUT2D eigenvalue weighted by molar-refractivity contribution is 7.92. The van der Waals surface area contributed by atoms with Gasteiger partial charge in [-0.05, 0) is 55.5 Å². The minimum absolute atomic E-state index is 0.0351. The Morgan fingerprint density at radius 2 is 1.62 bits per heavy atom. The van der Waals surface area contributed by atoms with Crippen LogP contribution in [0.2, 0.25) is 10.0 Å². The van der Waals surface area contributed by atoms with Crippen LogP contribution < -0.4 is 19.1 Å². The quantitative estimate of drug-likeness (QED) is 0.388. The zero-order valence-electron chi connectivity index (χ0n) is 21.6. The molecular formula is C27H26Cl2FN3O6S. The Morgan fingerprint density at radius 3 is 2.25 bits per heavy atom. The Hall–Kier alpha value is -3.54. The second-order valence-corrected chi connectivity index (χ2v) is 11.5. The van der Waals surface area contributed by atoms with E-state index in [9.17, 15) is 22.4 Å². The second kappa shape index (κ2) is 12.3. The third-order valence-corrected chi connectivity index (χ3v) is 8.78. The number of likely N-dealkylation sites (N-methyl/N-ethyl adjacent to an activating group) is 1. The summed E-state index contributed by atoms with van der Waals surface area (Å²) in [5, 5.41) is 3.04. The molecule has 13 heteroatoms. The molecule has 0 bridgehead atoms. The lowest BCUT2D eigenvalue weighted by atomic mass is 10.1. The van der Waals surface area contributed by atoms with Gasteiger partial charge in [0.25, 0.3) is 10.0 Å². The molecule has 0 spiro atoms. The maximum Gasteiger partial charge on any atom is 0.264 e. The van der Waals surface area contributed by atoms with Gasteiger partial charge in [-0.25, -0.2) is 12.8 Å². The maximum atomic E-state index is 13.9. The average Bonchev–Trinajstić information content (AvgIpc) is 2.95. The fraction of sp³-hybridized carbons (Fsp3) is 0.259. The third kappa shape index (κ3) is 6.27. The molecule has 1 heterocycles. The van der Waals surface area contributed by atoms with Gasteiger partial charge in [0.15, 0.2) is 11.5 Å². The van der Waals surface area contributed by atoms with Gasteiger partial charge in [0, 0.05) is 35.3 Å². The standard InChI is InChI=1S/C27H26Cl2FN3O6S/c1-17(27(35)31-2)32(15-21-22(28)4-3-5-23(21)29)26(34)16-33(19-8-6-18(30)7-9-19)40(36,37)20-10-11-24-25(14-20)39-13-12-38-24/h3-11,14,17H,12-13,15-16H2,1-2H3,(H,31,35)/t17-/m1/s1. The van der Waals surface area contributed by atoms with Crippen LogP contribution in [-0.4, -0.2) is 58.0 Å². The van der Waals surface area contributed by atoms with Crippen molar-refractivity contribution in [1.29, 1.82) is 0 Å². The van der Waals surface area contributed by atoms with Crippen molar-refractivity contribution in [3.8, 4) is 11.5 Å². The number of sulfonamides is 1. The Bertz CT molecular complexity index is 1500. The SMILES string of the molecule is CNC(=O)[C@@H](C)N(Cc1c(Cl)cccc1Cl)C(=O)CN(c1ccc(F)cc1)S(=O)(=O)c1ccc2c(c1)OCCO2. The molecule has 4 rings (SSSR count). The van der Waals surface area contributed by atoms with Crippen molar-refractivity contribution in [2.75, 3.05) is 31.1 Å². The minimum atomic E-state index is -4.39. The van der Waals surface area contributed by atoms with Gasteiger partial charge in [0.05, 0.1) is 10.6 Å². The van der Waals surface area contributed by atoms with Crippen LogP contribution in [0.25, 0.3) is 0 Å². The van der Waals surface area contributed by atoms with E-state index in [1.54, 1.807) is 18.2 Å². The van der Waals surface area contributed by atoms with Gasteiger partial charge in [-0.3, -0.25) is 13.9 Å². The van der Waals surface area contributed by atoms with Crippen molar-refractivity contribution in [1.82, 2.24) is 10.2 Å². The number of hydrogen-bond acceptors (Lipinski definition) is 6. The molecule has 3 aromatic carbocycles. The Labute approximate surface area is 241 Å². The smallest absolute Gasteiger partial charge is 0.264 e. The summed E-state index contributed by atoms with van der Waals surface area (Å²) in [7, 11) is -2.98. The predicted molar refractivity (Wildman–Crippen MR) is 149 cm³/mol. The first-order valence-corrected chi connectivity index (χ1v) is 14.3. The van der Waals surface area contributed by atoms with E-state index >= 15 is 0 Å². The van der Waals surface area contributed by atoms with Crippen molar-refractivity contribution >= 4 is 50.7 Å². The average molecular weight is 610 g/mol. The molecule has 40 heavy (non-hydrogen) atoms. The zero-order chi connectivity index (χ0) is 29.0. The highest BCUT2D eigenvalue weighted by Gasteiger charge is 2.33. The number of carbonyl (C=O) groups is 2. The highest BCUT2D eigenvalue weighted by Crippen LogP contribution is 2.34. The maximum absolute atomic E-state index is 13.9. The molecular weight excluding hydrogens is 584 g/mol. The lowest BCUT2D eigenvalue weighted by Gasteiger charge is -2.32. The topological polar surface area (TPSA) is 105 Å². The molecule has 0 saturated heterocycles. The van der Waals surface area contributed by atoms with Gasteiger partial charge in [0.1, 0.15) is 31.6 Å². The lowest BCUT2D eigenvalue weighted by molar-refractivity contribution is -0.139. The summed E-state index contributed by atoms with van der Waals surface area (Å²) in [5.74, 6) is -1.18. The van der Waals surface area contributed by atoms with E-state index in [-0.39, 0.29) is 39.5 Å². The molecule has 1 atom stereocenters. The molecule has 1 aliphatic rings. The number of halogens is 3. The van der Waals surface area contributed by atoms with E-state index in [0.29, 0.717) is 17.9 Å². The van der Waals surface area contributed by atoms with E-state index < -0.39 is 40.2 Å².